The molecule has 0 heterocycles. The van der Waals surface area contributed by atoms with E-state index in [4.69, 9.17) is 4.74 Å². The first-order chi connectivity index (χ1) is 9.47. The summed E-state index contributed by atoms with van der Waals surface area (Å²) in [6.07, 6.45) is 1.45. The van der Waals surface area contributed by atoms with Crippen molar-refractivity contribution in [3.63, 3.8) is 0 Å². The number of halogens is 1. The molecule has 1 N–H and O–H groups in total. The van der Waals surface area contributed by atoms with Gasteiger partial charge in [0.15, 0.2) is 6.61 Å². The summed E-state index contributed by atoms with van der Waals surface area (Å²) in [5, 5.41) is 2.70. The first-order valence-corrected chi connectivity index (χ1v) is 7.49. The van der Waals surface area contributed by atoms with Crippen LogP contribution in [0.1, 0.15) is 32.3 Å². The van der Waals surface area contributed by atoms with Crippen LogP contribution >= 0.6 is 15.9 Å². The summed E-state index contributed by atoms with van der Waals surface area (Å²) >= 11 is 3.40. The zero-order valence-corrected chi connectivity index (χ0v) is 13.6. The van der Waals surface area contributed by atoms with Gasteiger partial charge in [0.05, 0.1) is 5.92 Å². The lowest BCUT2D eigenvalue weighted by atomic mass is 10.0. The molecule has 0 radical (unpaired) electrons. The number of benzene rings is 1. The third-order valence-corrected chi connectivity index (χ3v) is 4.00. The number of amides is 1. The predicted octanol–water partition coefficient (Wildman–Crippen LogP) is 3.68. The van der Waals surface area contributed by atoms with Crippen molar-refractivity contribution in [2.24, 2.45) is 5.92 Å². The monoisotopic (exact) mass is 341 g/mol. The second-order valence-electron chi connectivity index (χ2n) is 4.63. The molecule has 0 aliphatic carbocycles. The molecule has 1 amide bonds. The fraction of sp³-hybridized carbons (Fsp3) is 0.467. The third kappa shape index (κ3) is 4.96. The van der Waals surface area contributed by atoms with Gasteiger partial charge in [0, 0.05) is 10.2 Å². The van der Waals surface area contributed by atoms with Crippen LogP contribution in [0.4, 0.5) is 5.69 Å². The zero-order valence-electron chi connectivity index (χ0n) is 12.0. The average Bonchev–Trinajstić information content (AvgIpc) is 2.42. The van der Waals surface area contributed by atoms with E-state index in [-0.39, 0.29) is 24.4 Å². The van der Waals surface area contributed by atoms with Gasteiger partial charge in [0.2, 0.25) is 0 Å². The van der Waals surface area contributed by atoms with Crippen LogP contribution in [-0.2, 0) is 14.3 Å². The van der Waals surface area contributed by atoms with Crippen LogP contribution in [0.2, 0.25) is 0 Å². The summed E-state index contributed by atoms with van der Waals surface area (Å²) < 4.78 is 6.00. The molecule has 1 rings (SSSR count). The van der Waals surface area contributed by atoms with Gasteiger partial charge >= 0.3 is 5.97 Å². The molecule has 0 aliphatic heterocycles. The van der Waals surface area contributed by atoms with Gasteiger partial charge in [-0.2, -0.15) is 0 Å². The smallest absolute Gasteiger partial charge is 0.309 e. The number of rotatable bonds is 6. The zero-order chi connectivity index (χ0) is 15.1. The van der Waals surface area contributed by atoms with E-state index in [1.807, 2.05) is 32.9 Å². The molecule has 5 heteroatoms. The molecule has 0 spiro atoms. The maximum atomic E-state index is 11.7. The Hall–Kier alpha value is -1.36. The van der Waals surface area contributed by atoms with Gasteiger partial charge in [-0.05, 0) is 43.5 Å². The van der Waals surface area contributed by atoms with Crippen molar-refractivity contribution in [2.45, 2.75) is 33.6 Å². The van der Waals surface area contributed by atoms with E-state index in [9.17, 15) is 9.59 Å². The minimum Gasteiger partial charge on any atom is -0.455 e. The highest BCUT2D eigenvalue weighted by Crippen LogP contribution is 2.20. The van der Waals surface area contributed by atoms with E-state index in [2.05, 4.69) is 21.2 Å². The normalized spacial score (nSPS) is 10.4. The van der Waals surface area contributed by atoms with Gasteiger partial charge in [0.25, 0.3) is 5.91 Å². The van der Waals surface area contributed by atoms with E-state index in [0.29, 0.717) is 5.69 Å². The Morgan fingerprint density at radius 2 is 1.95 bits per heavy atom. The number of carbonyl (C=O) groups excluding carboxylic acids is 2. The Balaban J connectivity index is 2.47. The first kappa shape index (κ1) is 16.7. The molecule has 0 unspecified atom stereocenters. The summed E-state index contributed by atoms with van der Waals surface area (Å²) in [5.74, 6) is -0.763. The number of ether oxygens (including phenoxy) is 1. The Kier molecular flexibility index (Phi) is 6.71. The number of nitrogens with one attached hydrogen (secondary N) is 1. The van der Waals surface area contributed by atoms with Crippen molar-refractivity contribution in [2.75, 3.05) is 11.9 Å². The number of anilines is 1. The third-order valence-electron chi connectivity index (χ3n) is 3.11. The highest BCUT2D eigenvalue weighted by atomic mass is 79.9. The molecule has 110 valence electrons. The van der Waals surface area contributed by atoms with E-state index in [1.165, 1.54) is 0 Å². The van der Waals surface area contributed by atoms with E-state index in [1.54, 1.807) is 6.07 Å². The Morgan fingerprint density at radius 1 is 1.30 bits per heavy atom. The van der Waals surface area contributed by atoms with Crippen molar-refractivity contribution in [3.8, 4) is 0 Å². The molecule has 0 bridgehead atoms. The molecule has 0 aliphatic rings. The molecule has 0 aromatic heterocycles. The van der Waals surface area contributed by atoms with Gasteiger partial charge in [-0.25, -0.2) is 0 Å². The molecule has 0 saturated carbocycles. The number of esters is 1. The van der Waals surface area contributed by atoms with E-state index < -0.39 is 0 Å². The van der Waals surface area contributed by atoms with Crippen molar-refractivity contribution >= 4 is 33.5 Å². The average molecular weight is 342 g/mol. The van der Waals surface area contributed by atoms with Crippen LogP contribution in [0.5, 0.6) is 0 Å². The lowest BCUT2D eigenvalue weighted by Gasteiger charge is -2.12. The van der Waals surface area contributed by atoms with Gasteiger partial charge in [-0.15, -0.1) is 0 Å². The minimum atomic E-state index is -0.328. The van der Waals surface area contributed by atoms with Gasteiger partial charge < -0.3 is 10.1 Å². The van der Waals surface area contributed by atoms with Crippen LogP contribution in [-0.4, -0.2) is 18.5 Å². The Labute approximate surface area is 128 Å². The van der Waals surface area contributed by atoms with E-state index >= 15 is 0 Å². The molecule has 0 atom stereocenters. The maximum Gasteiger partial charge on any atom is 0.309 e. The second-order valence-corrected chi connectivity index (χ2v) is 5.49. The van der Waals surface area contributed by atoms with Crippen molar-refractivity contribution < 1.29 is 14.3 Å². The summed E-state index contributed by atoms with van der Waals surface area (Å²) in [6.45, 7) is 5.55. The standard InChI is InChI=1S/C15H20BrNO3/c1-4-11(5-2)15(19)20-9-14(18)17-12-6-7-13(16)10(3)8-12/h6-8,11H,4-5,9H2,1-3H3,(H,17,18). The molecule has 1 aromatic rings. The number of hydrogen-bond acceptors (Lipinski definition) is 3. The van der Waals surface area contributed by atoms with Crippen molar-refractivity contribution in [1.82, 2.24) is 0 Å². The van der Waals surface area contributed by atoms with Crippen LogP contribution < -0.4 is 5.32 Å². The number of hydrogen-bond donors (Lipinski definition) is 1. The summed E-state index contributed by atoms with van der Waals surface area (Å²) in [5.41, 5.74) is 1.71. The molecule has 20 heavy (non-hydrogen) atoms. The van der Waals surface area contributed by atoms with Gasteiger partial charge in [-0.3, -0.25) is 9.59 Å². The molecule has 0 fully saturated rings. The van der Waals surface area contributed by atoms with Crippen molar-refractivity contribution in [1.29, 1.82) is 0 Å². The highest BCUT2D eigenvalue weighted by Gasteiger charge is 2.17. The highest BCUT2D eigenvalue weighted by molar-refractivity contribution is 9.10. The topological polar surface area (TPSA) is 55.4 Å². The molecule has 1 aromatic carbocycles. The van der Waals surface area contributed by atoms with Crippen LogP contribution in [0.3, 0.4) is 0 Å². The van der Waals surface area contributed by atoms with Gasteiger partial charge in [0.1, 0.15) is 0 Å². The summed E-state index contributed by atoms with van der Waals surface area (Å²) in [4.78, 5) is 23.4. The molecule has 0 saturated heterocycles. The maximum absolute atomic E-state index is 11.7. The summed E-state index contributed by atoms with van der Waals surface area (Å²) in [6, 6.07) is 5.50. The number of carbonyl (C=O) groups is 2. The minimum absolute atomic E-state index is 0.127. The first-order valence-electron chi connectivity index (χ1n) is 6.70. The molecular weight excluding hydrogens is 322 g/mol. The fourth-order valence-electron chi connectivity index (χ4n) is 1.80. The lowest BCUT2D eigenvalue weighted by Crippen LogP contribution is -2.24. The van der Waals surface area contributed by atoms with Crippen LogP contribution in [0.15, 0.2) is 22.7 Å². The largest absolute Gasteiger partial charge is 0.455 e. The lowest BCUT2D eigenvalue weighted by molar-refractivity contribution is -0.151. The quantitative estimate of drug-likeness (QED) is 0.803. The molecule has 4 nitrogen and oxygen atoms in total. The predicted molar refractivity (Wildman–Crippen MR) is 82.5 cm³/mol. The Morgan fingerprint density at radius 3 is 2.50 bits per heavy atom. The van der Waals surface area contributed by atoms with Gasteiger partial charge in [-0.1, -0.05) is 29.8 Å². The Bertz CT molecular complexity index is 484. The van der Waals surface area contributed by atoms with E-state index in [0.717, 1.165) is 22.9 Å². The fourth-order valence-corrected chi connectivity index (χ4v) is 2.04. The van der Waals surface area contributed by atoms with Crippen LogP contribution in [0.25, 0.3) is 0 Å². The number of aryl methyl sites for hydroxylation is 1. The SMILES string of the molecule is CCC(CC)C(=O)OCC(=O)Nc1ccc(Br)c(C)c1. The second kappa shape index (κ2) is 8.04. The summed E-state index contributed by atoms with van der Waals surface area (Å²) in [7, 11) is 0. The van der Waals surface area contributed by atoms with Crippen LogP contribution in [0, 0.1) is 12.8 Å². The van der Waals surface area contributed by atoms with Crippen molar-refractivity contribution in [3.05, 3.63) is 28.2 Å². The molecular formula is C15H20BrNO3.